The lowest BCUT2D eigenvalue weighted by molar-refractivity contribution is -0.385. The van der Waals surface area contributed by atoms with Gasteiger partial charge in [0.05, 0.1) is 28.6 Å². The van der Waals surface area contributed by atoms with Gasteiger partial charge in [0, 0.05) is 27.0 Å². The van der Waals surface area contributed by atoms with Crippen molar-refractivity contribution in [1.82, 2.24) is 9.66 Å². The maximum atomic E-state index is 13.1. The van der Waals surface area contributed by atoms with E-state index in [0.29, 0.717) is 33.2 Å². The van der Waals surface area contributed by atoms with Crippen molar-refractivity contribution in [2.75, 3.05) is 6.61 Å². The van der Waals surface area contributed by atoms with Crippen LogP contribution in [0.25, 0.3) is 10.9 Å². The number of hydrogen-bond acceptors (Lipinski definition) is 6. The van der Waals surface area contributed by atoms with Crippen molar-refractivity contribution >= 4 is 54.7 Å². The second-order valence-corrected chi connectivity index (χ2v) is 8.17. The number of halogens is 2. The Morgan fingerprint density at radius 2 is 2.00 bits per heavy atom. The van der Waals surface area contributed by atoms with Crippen LogP contribution in [-0.2, 0) is 6.42 Å². The van der Waals surface area contributed by atoms with Gasteiger partial charge >= 0.3 is 5.69 Å². The van der Waals surface area contributed by atoms with Gasteiger partial charge in [0.25, 0.3) is 5.56 Å². The molecule has 0 atom stereocenters. The lowest BCUT2D eigenvalue weighted by Crippen LogP contribution is -2.22. The molecule has 1 aromatic heterocycles. The fourth-order valence-electron chi connectivity index (χ4n) is 2.95. The summed E-state index contributed by atoms with van der Waals surface area (Å²) in [5.74, 6) is 0.604. The highest BCUT2D eigenvalue weighted by molar-refractivity contribution is 9.10. The van der Waals surface area contributed by atoms with E-state index in [1.165, 1.54) is 17.0 Å². The van der Waals surface area contributed by atoms with Crippen molar-refractivity contribution in [2.24, 2.45) is 5.10 Å². The van der Waals surface area contributed by atoms with Gasteiger partial charge in [-0.05, 0) is 37.6 Å². The highest BCUT2D eigenvalue weighted by Crippen LogP contribution is 2.34. The molecule has 0 saturated carbocycles. The summed E-state index contributed by atoms with van der Waals surface area (Å²) in [6.07, 6.45) is 2.71. The van der Waals surface area contributed by atoms with E-state index < -0.39 is 4.92 Å². The Morgan fingerprint density at radius 1 is 1.23 bits per heavy atom. The van der Waals surface area contributed by atoms with E-state index in [1.807, 2.05) is 13.0 Å². The topological polar surface area (TPSA) is 99.6 Å². The zero-order valence-electron chi connectivity index (χ0n) is 16.3. The summed E-state index contributed by atoms with van der Waals surface area (Å²) in [5, 5.41) is 16.2. The Labute approximate surface area is 189 Å². The summed E-state index contributed by atoms with van der Waals surface area (Å²) in [5.41, 5.74) is 0.464. The van der Waals surface area contributed by atoms with Crippen LogP contribution in [0, 0.1) is 10.1 Å². The molecule has 156 valence electrons. The average molecular weight is 538 g/mol. The van der Waals surface area contributed by atoms with E-state index in [4.69, 9.17) is 4.74 Å². The van der Waals surface area contributed by atoms with Crippen LogP contribution in [-0.4, -0.2) is 27.4 Å². The van der Waals surface area contributed by atoms with Gasteiger partial charge in [-0.3, -0.25) is 14.9 Å². The summed E-state index contributed by atoms with van der Waals surface area (Å²) in [7, 11) is 0. The van der Waals surface area contributed by atoms with E-state index in [2.05, 4.69) is 41.9 Å². The molecule has 30 heavy (non-hydrogen) atoms. The summed E-state index contributed by atoms with van der Waals surface area (Å²) >= 11 is 6.65. The fourth-order valence-corrected chi connectivity index (χ4v) is 3.78. The minimum absolute atomic E-state index is 0.0935. The molecule has 0 radical (unpaired) electrons. The van der Waals surface area contributed by atoms with Crippen LogP contribution in [0.3, 0.4) is 0 Å². The standard InChI is InChI=1S/C20H18Br2N4O4/c1-3-5-18-24-16-7-6-13(21)9-15(16)20(27)25(18)23-11-12-8-14(22)10-17(26(28)29)19(12)30-4-2/h6-11H,3-5H2,1-2H3. The van der Waals surface area contributed by atoms with E-state index in [1.54, 1.807) is 25.1 Å². The first kappa shape index (κ1) is 22.1. The number of aryl methyl sites for hydroxylation is 1. The van der Waals surface area contributed by atoms with Gasteiger partial charge in [-0.1, -0.05) is 38.8 Å². The number of nitro groups is 1. The van der Waals surface area contributed by atoms with Crippen LogP contribution in [0.15, 0.2) is 49.2 Å². The molecule has 2 aromatic carbocycles. The van der Waals surface area contributed by atoms with Gasteiger partial charge in [-0.25, -0.2) is 4.98 Å². The molecule has 0 saturated heterocycles. The van der Waals surface area contributed by atoms with Crippen LogP contribution in [0.4, 0.5) is 5.69 Å². The van der Waals surface area contributed by atoms with Crippen LogP contribution in [0.2, 0.25) is 0 Å². The van der Waals surface area contributed by atoms with Crippen LogP contribution in [0.5, 0.6) is 5.75 Å². The fraction of sp³-hybridized carbons (Fsp3) is 0.250. The zero-order valence-corrected chi connectivity index (χ0v) is 19.4. The number of aromatic nitrogens is 2. The van der Waals surface area contributed by atoms with Crippen molar-refractivity contribution in [3.8, 4) is 5.75 Å². The quantitative estimate of drug-likeness (QED) is 0.238. The van der Waals surface area contributed by atoms with E-state index in [-0.39, 0.29) is 23.6 Å². The summed E-state index contributed by atoms with van der Waals surface area (Å²) in [4.78, 5) is 28.6. The number of hydrogen-bond donors (Lipinski definition) is 0. The van der Waals surface area contributed by atoms with Gasteiger partial charge < -0.3 is 4.74 Å². The first-order valence-corrected chi connectivity index (χ1v) is 10.8. The molecule has 0 aliphatic rings. The number of rotatable bonds is 7. The monoisotopic (exact) mass is 536 g/mol. The SMILES string of the molecule is CCCc1nc2ccc(Br)cc2c(=O)n1N=Cc1cc(Br)cc([N+](=O)[O-])c1OCC. The highest BCUT2D eigenvalue weighted by Gasteiger charge is 2.20. The number of nitrogens with zero attached hydrogens (tertiary/aromatic N) is 4. The lowest BCUT2D eigenvalue weighted by Gasteiger charge is -2.10. The Balaban J connectivity index is 2.21. The Kier molecular flexibility index (Phi) is 6.99. The normalized spacial score (nSPS) is 11.3. The molecule has 0 amide bonds. The summed E-state index contributed by atoms with van der Waals surface area (Å²) < 4.78 is 8.00. The largest absolute Gasteiger partial charge is 0.487 e. The molecule has 8 nitrogen and oxygen atoms in total. The maximum absolute atomic E-state index is 13.1. The van der Waals surface area contributed by atoms with Crippen molar-refractivity contribution in [3.05, 3.63) is 71.1 Å². The summed E-state index contributed by atoms with van der Waals surface area (Å²) in [6.45, 7) is 3.97. The Morgan fingerprint density at radius 3 is 2.67 bits per heavy atom. The number of benzene rings is 2. The first-order chi connectivity index (χ1) is 14.3. The summed E-state index contributed by atoms with van der Waals surface area (Å²) in [6, 6.07) is 8.32. The van der Waals surface area contributed by atoms with Crippen molar-refractivity contribution < 1.29 is 9.66 Å². The first-order valence-electron chi connectivity index (χ1n) is 9.22. The smallest absolute Gasteiger partial charge is 0.312 e. The third-order valence-electron chi connectivity index (χ3n) is 4.21. The lowest BCUT2D eigenvalue weighted by atomic mass is 10.2. The molecule has 0 N–H and O–H groups in total. The minimum atomic E-state index is -0.517. The Hall–Kier alpha value is -2.59. The zero-order chi connectivity index (χ0) is 21.8. The van der Waals surface area contributed by atoms with Gasteiger partial charge in [0.2, 0.25) is 5.75 Å². The predicted molar refractivity (Wildman–Crippen MR) is 123 cm³/mol. The molecule has 0 bridgehead atoms. The molecule has 0 spiro atoms. The van der Waals surface area contributed by atoms with Crippen LogP contribution < -0.4 is 10.3 Å². The van der Waals surface area contributed by atoms with E-state index >= 15 is 0 Å². The van der Waals surface area contributed by atoms with Crippen molar-refractivity contribution in [3.63, 3.8) is 0 Å². The average Bonchev–Trinajstić information content (AvgIpc) is 2.70. The molecule has 3 aromatic rings. The molecular weight excluding hydrogens is 520 g/mol. The molecule has 10 heteroatoms. The predicted octanol–water partition coefficient (Wildman–Crippen LogP) is 5.06. The molecular formula is C20H18Br2N4O4. The molecule has 0 unspecified atom stereocenters. The van der Waals surface area contributed by atoms with Gasteiger partial charge in [0.1, 0.15) is 5.82 Å². The molecule has 0 aliphatic carbocycles. The molecule has 1 heterocycles. The highest BCUT2D eigenvalue weighted by atomic mass is 79.9. The second kappa shape index (κ2) is 9.48. The Bertz CT molecular complexity index is 1210. The maximum Gasteiger partial charge on any atom is 0.312 e. The number of ether oxygens (including phenoxy) is 1. The van der Waals surface area contributed by atoms with Gasteiger partial charge in [0.15, 0.2) is 0 Å². The molecule has 0 fully saturated rings. The molecule has 3 rings (SSSR count). The van der Waals surface area contributed by atoms with E-state index in [9.17, 15) is 14.9 Å². The molecule has 0 aliphatic heterocycles. The second-order valence-electron chi connectivity index (χ2n) is 6.33. The number of fused-ring (bicyclic) bond motifs is 1. The van der Waals surface area contributed by atoms with Gasteiger partial charge in [-0.15, -0.1) is 0 Å². The van der Waals surface area contributed by atoms with E-state index in [0.717, 1.165) is 10.9 Å². The van der Waals surface area contributed by atoms with Crippen LogP contribution in [0.1, 0.15) is 31.7 Å². The van der Waals surface area contributed by atoms with Crippen molar-refractivity contribution in [2.45, 2.75) is 26.7 Å². The van der Waals surface area contributed by atoms with Gasteiger partial charge in [-0.2, -0.15) is 9.78 Å². The minimum Gasteiger partial charge on any atom is -0.487 e. The van der Waals surface area contributed by atoms with Crippen LogP contribution >= 0.6 is 31.9 Å². The van der Waals surface area contributed by atoms with Crippen molar-refractivity contribution in [1.29, 1.82) is 0 Å². The third kappa shape index (κ3) is 4.59. The third-order valence-corrected chi connectivity index (χ3v) is 5.16. The number of nitro benzene ring substituents is 1.